The molecule has 3 heteroatoms. The van der Waals surface area contributed by atoms with Crippen LogP contribution in [0.2, 0.25) is 0 Å². The number of aliphatic hydroxyl groups is 1. The van der Waals surface area contributed by atoms with Crippen molar-refractivity contribution in [2.45, 2.75) is 13.8 Å². The second kappa shape index (κ2) is 3.71. The maximum atomic E-state index is 8.83. The van der Waals surface area contributed by atoms with Crippen molar-refractivity contribution in [2.75, 3.05) is 0 Å². The number of allylic oxidation sites excluding steroid dienone is 1. The first-order valence-electron chi connectivity index (χ1n) is 2.81. The van der Waals surface area contributed by atoms with Gasteiger partial charge in [-0.25, -0.2) is 0 Å². The third-order valence-corrected chi connectivity index (χ3v) is 0.893. The van der Waals surface area contributed by atoms with Crippen molar-refractivity contribution in [3.8, 4) is 0 Å². The van der Waals surface area contributed by atoms with E-state index < -0.39 is 0 Å². The summed E-state index contributed by atoms with van der Waals surface area (Å²) < 4.78 is 4.64. The second-order valence-corrected chi connectivity index (χ2v) is 2.01. The van der Waals surface area contributed by atoms with E-state index in [4.69, 9.17) is 10.5 Å². The Morgan fingerprint density at radius 3 is 2.20 bits per heavy atom. The summed E-state index contributed by atoms with van der Waals surface area (Å²) in [5.74, 6) is 0.110. The van der Waals surface area contributed by atoms with E-state index in [-0.39, 0.29) is 11.5 Å². The van der Waals surface area contributed by atoms with Crippen LogP contribution in [0.25, 0.3) is 0 Å². The average molecular weight is 141 g/mol. The fourth-order valence-electron chi connectivity index (χ4n) is 0.533. The molecular formula is C7H11NO2. The van der Waals surface area contributed by atoms with Crippen molar-refractivity contribution in [1.82, 2.24) is 0 Å². The summed E-state index contributed by atoms with van der Waals surface area (Å²) in [5, 5.41) is 15.4. The van der Waals surface area contributed by atoms with Crippen LogP contribution in [0, 0.1) is 5.41 Å². The summed E-state index contributed by atoms with van der Waals surface area (Å²) in [5.41, 5.74) is 0.788. The van der Waals surface area contributed by atoms with E-state index in [9.17, 15) is 0 Å². The van der Waals surface area contributed by atoms with Crippen LogP contribution in [-0.4, -0.2) is 11.5 Å². The first-order valence-corrected chi connectivity index (χ1v) is 2.81. The summed E-state index contributed by atoms with van der Waals surface area (Å²) in [4.78, 5) is 0. The number of rotatable bonds is 3. The molecule has 0 aromatic carbocycles. The van der Waals surface area contributed by atoms with E-state index in [1.165, 1.54) is 0 Å². The zero-order valence-corrected chi connectivity index (χ0v) is 6.14. The highest BCUT2D eigenvalue weighted by Gasteiger charge is 2.01. The lowest BCUT2D eigenvalue weighted by molar-refractivity contribution is 0.335. The molecule has 3 nitrogen and oxygen atoms in total. The largest absolute Gasteiger partial charge is 0.505 e. The third-order valence-electron chi connectivity index (χ3n) is 0.893. The highest BCUT2D eigenvalue weighted by Crippen LogP contribution is 2.10. The van der Waals surface area contributed by atoms with Crippen LogP contribution < -0.4 is 0 Å². The highest BCUT2D eigenvalue weighted by molar-refractivity contribution is 5.46. The lowest BCUT2D eigenvalue weighted by Gasteiger charge is -2.04. The molecule has 0 aliphatic heterocycles. The fraction of sp³-hybridized carbons (Fsp3) is 0.286. The van der Waals surface area contributed by atoms with Crippen molar-refractivity contribution in [3.63, 3.8) is 0 Å². The van der Waals surface area contributed by atoms with Gasteiger partial charge in [-0.3, -0.25) is 5.41 Å². The molecule has 0 radical (unpaired) electrons. The third kappa shape index (κ3) is 2.35. The molecular weight excluding hydrogens is 130 g/mol. The monoisotopic (exact) mass is 141 g/mol. The smallest absolute Gasteiger partial charge is 0.174 e. The molecule has 0 aliphatic rings. The molecule has 0 bridgehead atoms. The maximum absolute atomic E-state index is 8.83. The number of aliphatic hydroxyl groups excluding tert-OH is 1. The molecule has 0 unspecified atom stereocenters. The van der Waals surface area contributed by atoms with Gasteiger partial charge in [0.05, 0.1) is 0 Å². The Bertz CT molecular complexity index is 178. The van der Waals surface area contributed by atoms with Gasteiger partial charge < -0.3 is 9.84 Å². The minimum absolute atomic E-state index is 0.150. The number of nitrogens with one attached hydrogen (secondary N) is 1. The Balaban J connectivity index is 4.42. The molecule has 10 heavy (non-hydrogen) atoms. The van der Waals surface area contributed by atoms with E-state index >= 15 is 0 Å². The van der Waals surface area contributed by atoms with E-state index in [0.717, 1.165) is 12.0 Å². The highest BCUT2D eigenvalue weighted by atomic mass is 16.5. The molecule has 0 fully saturated rings. The SMILES string of the molecule is C=C(O)C(OC=N)=C(C)C. The van der Waals surface area contributed by atoms with E-state index in [0.29, 0.717) is 0 Å². The number of ether oxygens (including phenoxy) is 1. The van der Waals surface area contributed by atoms with Crippen LogP contribution in [0.5, 0.6) is 0 Å². The summed E-state index contributed by atoms with van der Waals surface area (Å²) in [7, 11) is 0. The number of hydrogen-bond acceptors (Lipinski definition) is 3. The van der Waals surface area contributed by atoms with Gasteiger partial charge in [0.25, 0.3) is 0 Å². The minimum Gasteiger partial charge on any atom is -0.505 e. The molecule has 0 amide bonds. The molecule has 0 spiro atoms. The molecule has 0 aromatic heterocycles. The predicted octanol–water partition coefficient (Wildman–Crippen LogP) is 1.98. The predicted molar refractivity (Wildman–Crippen MR) is 40.0 cm³/mol. The Morgan fingerprint density at radius 2 is 2.10 bits per heavy atom. The normalized spacial score (nSPS) is 8.20. The Kier molecular flexibility index (Phi) is 3.25. The van der Waals surface area contributed by atoms with Gasteiger partial charge >= 0.3 is 0 Å². The van der Waals surface area contributed by atoms with E-state index in [1.54, 1.807) is 13.8 Å². The second-order valence-electron chi connectivity index (χ2n) is 2.01. The van der Waals surface area contributed by atoms with Crippen molar-refractivity contribution >= 4 is 6.40 Å². The molecule has 0 aromatic rings. The lowest BCUT2D eigenvalue weighted by Crippen LogP contribution is -1.94. The van der Waals surface area contributed by atoms with Gasteiger partial charge in [-0.15, -0.1) is 0 Å². The van der Waals surface area contributed by atoms with Crippen LogP contribution in [0.15, 0.2) is 23.7 Å². The minimum atomic E-state index is -0.150. The lowest BCUT2D eigenvalue weighted by atomic mass is 10.3. The van der Waals surface area contributed by atoms with Gasteiger partial charge in [-0.1, -0.05) is 6.58 Å². The van der Waals surface area contributed by atoms with Crippen LogP contribution in [0.3, 0.4) is 0 Å². The molecule has 0 atom stereocenters. The first-order chi connectivity index (χ1) is 4.59. The summed E-state index contributed by atoms with van der Waals surface area (Å²) >= 11 is 0. The molecule has 0 saturated carbocycles. The Morgan fingerprint density at radius 1 is 1.60 bits per heavy atom. The van der Waals surface area contributed by atoms with Crippen molar-refractivity contribution in [3.05, 3.63) is 23.7 Å². The summed E-state index contributed by atoms with van der Waals surface area (Å²) in [6.07, 6.45) is 0.754. The van der Waals surface area contributed by atoms with Crippen molar-refractivity contribution in [1.29, 1.82) is 5.41 Å². The molecule has 0 aliphatic carbocycles. The Hall–Kier alpha value is -1.25. The molecule has 0 rings (SSSR count). The van der Waals surface area contributed by atoms with Gasteiger partial charge in [0.15, 0.2) is 17.9 Å². The van der Waals surface area contributed by atoms with Crippen LogP contribution in [0.4, 0.5) is 0 Å². The van der Waals surface area contributed by atoms with E-state index in [2.05, 4.69) is 11.3 Å². The average Bonchev–Trinajstić information content (AvgIpc) is 1.81. The molecule has 2 N–H and O–H groups in total. The fourth-order valence-corrected chi connectivity index (χ4v) is 0.533. The van der Waals surface area contributed by atoms with Crippen LogP contribution in [0.1, 0.15) is 13.8 Å². The van der Waals surface area contributed by atoms with Gasteiger partial charge in [0.1, 0.15) is 0 Å². The topological polar surface area (TPSA) is 53.3 Å². The molecule has 0 heterocycles. The molecule has 56 valence electrons. The standard InChI is InChI=1S/C7H11NO2/c1-5(2)7(6(3)9)10-4-8/h4,8-9H,3H2,1-2H3. The molecule has 0 saturated heterocycles. The van der Waals surface area contributed by atoms with Crippen molar-refractivity contribution in [2.24, 2.45) is 0 Å². The van der Waals surface area contributed by atoms with E-state index in [1.807, 2.05) is 0 Å². The zero-order valence-electron chi connectivity index (χ0n) is 6.14. The first kappa shape index (κ1) is 8.75. The van der Waals surface area contributed by atoms with Crippen LogP contribution in [-0.2, 0) is 4.74 Å². The maximum Gasteiger partial charge on any atom is 0.174 e. The quantitative estimate of drug-likeness (QED) is 0.273. The number of hydrogen-bond donors (Lipinski definition) is 2. The zero-order chi connectivity index (χ0) is 8.15. The van der Waals surface area contributed by atoms with Gasteiger partial charge in [-0.05, 0) is 19.4 Å². The van der Waals surface area contributed by atoms with Crippen LogP contribution >= 0.6 is 0 Å². The Labute approximate surface area is 60.1 Å². The van der Waals surface area contributed by atoms with Gasteiger partial charge in [0.2, 0.25) is 0 Å². The summed E-state index contributed by atoms with van der Waals surface area (Å²) in [6.45, 7) is 6.79. The summed E-state index contributed by atoms with van der Waals surface area (Å²) in [6, 6.07) is 0. The van der Waals surface area contributed by atoms with Gasteiger partial charge in [0, 0.05) is 0 Å². The van der Waals surface area contributed by atoms with Gasteiger partial charge in [-0.2, -0.15) is 0 Å². The van der Waals surface area contributed by atoms with Crippen molar-refractivity contribution < 1.29 is 9.84 Å².